The van der Waals surface area contributed by atoms with Crippen LogP contribution >= 0.6 is 0 Å². The molecule has 1 aliphatic carbocycles. The fourth-order valence-corrected chi connectivity index (χ4v) is 2.99. The SMILES string of the molecule is CC(=O)Nc1ccc(O)c(-c2cc(C3CCC3)n(C(C)C)n2)c1. The minimum absolute atomic E-state index is 0.135. The van der Waals surface area contributed by atoms with Crippen molar-refractivity contribution in [1.82, 2.24) is 9.78 Å². The summed E-state index contributed by atoms with van der Waals surface area (Å²) in [6.07, 6.45) is 3.68. The predicted octanol–water partition coefficient (Wildman–Crippen LogP) is 4.06. The number of amides is 1. The Labute approximate surface area is 136 Å². The van der Waals surface area contributed by atoms with Crippen molar-refractivity contribution in [3.05, 3.63) is 30.0 Å². The first-order valence-corrected chi connectivity index (χ1v) is 8.16. The zero-order valence-electron chi connectivity index (χ0n) is 13.8. The van der Waals surface area contributed by atoms with Crippen molar-refractivity contribution in [1.29, 1.82) is 0 Å². The van der Waals surface area contributed by atoms with Gasteiger partial charge in [0.15, 0.2) is 0 Å². The van der Waals surface area contributed by atoms with E-state index in [0.717, 1.165) is 5.69 Å². The molecule has 0 spiro atoms. The number of nitrogens with one attached hydrogen (secondary N) is 1. The Kier molecular flexibility index (Phi) is 4.11. The second-order valence-corrected chi connectivity index (χ2v) is 6.53. The highest BCUT2D eigenvalue weighted by molar-refractivity contribution is 5.90. The summed E-state index contributed by atoms with van der Waals surface area (Å²) in [5.41, 5.74) is 3.31. The molecule has 0 aliphatic heterocycles. The topological polar surface area (TPSA) is 67.2 Å². The summed E-state index contributed by atoms with van der Waals surface area (Å²) in [5.74, 6) is 0.608. The monoisotopic (exact) mass is 313 g/mol. The average Bonchev–Trinajstić information content (AvgIpc) is 2.83. The standard InChI is InChI=1S/C18H23N3O2/c1-11(2)21-17(13-5-4-6-13)10-16(20-21)15-9-14(19-12(3)22)7-8-18(15)23/h7-11,13,23H,4-6H2,1-3H3,(H,19,22). The van der Waals surface area contributed by atoms with Crippen LogP contribution in [-0.4, -0.2) is 20.8 Å². The molecule has 2 N–H and O–H groups in total. The van der Waals surface area contributed by atoms with Crippen LogP contribution in [0.25, 0.3) is 11.3 Å². The van der Waals surface area contributed by atoms with E-state index in [4.69, 9.17) is 5.10 Å². The van der Waals surface area contributed by atoms with E-state index in [2.05, 4.69) is 29.9 Å². The third-order valence-electron chi connectivity index (χ3n) is 4.37. The van der Waals surface area contributed by atoms with Crippen LogP contribution in [0.4, 0.5) is 5.69 Å². The van der Waals surface area contributed by atoms with Crippen molar-refractivity contribution in [3.8, 4) is 17.0 Å². The second-order valence-electron chi connectivity index (χ2n) is 6.53. The van der Waals surface area contributed by atoms with Crippen LogP contribution in [0.5, 0.6) is 5.75 Å². The van der Waals surface area contributed by atoms with Crippen molar-refractivity contribution in [2.24, 2.45) is 0 Å². The molecule has 1 amide bonds. The lowest BCUT2D eigenvalue weighted by Gasteiger charge is -2.27. The van der Waals surface area contributed by atoms with Crippen LogP contribution in [0.1, 0.15) is 57.7 Å². The molecule has 122 valence electrons. The van der Waals surface area contributed by atoms with E-state index < -0.39 is 0 Å². The Bertz CT molecular complexity index is 730. The lowest BCUT2D eigenvalue weighted by Crippen LogP contribution is -2.16. The maximum Gasteiger partial charge on any atom is 0.221 e. The van der Waals surface area contributed by atoms with Crippen LogP contribution in [0.3, 0.4) is 0 Å². The van der Waals surface area contributed by atoms with Crippen LogP contribution < -0.4 is 5.32 Å². The molecular weight excluding hydrogens is 290 g/mol. The first kappa shape index (κ1) is 15.6. The van der Waals surface area contributed by atoms with Gasteiger partial charge < -0.3 is 10.4 Å². The highest BCUT2D eigenvalue weighted by Crippen LogP contribution is 2.40. The van der Waals surface area contributed by atoms with Gasteiger partial charge in [-0.3, -0.25) is 9.48 Å². The zero-order valence-corrected chi connectivity index (χ0v) is 13.8. The van der Waals surface area contributed by atoms with Gasteiger partial charge in [-0.1, -0.05) is 6.42 Å². The lowest BCUT2D eigenvalue weighted by atomic mass is 9.82. The van der Waals surface area contributed by atoms with Gasteiger partial charge in [0.1, 0.15) is 5.75 Å². The van der Waals surface area contributed by atoms with Gasteiger partial charge in [-0.25, -0.2) is 0 Å². The smallest absolute Gasteiger partial charge is 0.221 e. The number of hydrogen-bond donors (Lipinski definition) is 2. The molecule has 0 unspecified atom stereocenters. The fraction of sp³-hybridized carbons (Fsp3) is 0.444. The number of phenols is 1. The quantitative estimate of drug-likeness (QED) is 0.836. The third-order valence-corrected chi connectivity index (χ3v) is 4.37. The summed E-state index contributed by atoms with van der Waals surface area (Å²) in [7, 11) is 0. The predicted molar refractivity (Wildman–Crippen MR) is 90.6 cm³/mol. The molecule has 0 saturated heterocycles. The Morgan fingerprint density at radius 3 is 2.65 bits per heavy atom. The molecule has 0 radical (unpaired) electrons. The van der Waals surface area contributed by atoms with Crippen molar-refractivity contribution in [2.75, 3.05) is 5.32 Å². The Hall–Kier alpha value is -2.30. The Morgan fingerprint density at radius 1 is 1.35 bits per heavy atom. The molecule has 0 bridgehead atoms. The van der Waals surface area contributed by atoms with Crippen molar-refractivity contribution < 1.29 is 9.90 Å². The Balaban J connectivity index is 2.02. The molecule has 23 heavy (non-hydrogen) atoms. The summed E-state index contributed by atoms with van der Waals surface area (Å²) in [6, 6.07) is 7.41. The molecule has 1 aliphatic rings. The number of benzene rings is 1. The van der Waals surface area contributed by atoms with E-state index in [1.165, 1.54) is 31.9 Å². The zero-order chi connectivity index (χ0) is 16.6. The van der Waals surface area contributed by atoms with Crippen molar-refractivity contribution >= 4 is 11.6 Å². The minimum atomic E-state index is -0.135. The number of phenolic OH excluding ortho intramolecular Hbond substituents is 1. The van der Waals surface area contributed by atoms with Gasteiger partial charge in [-0.15, -0.1) is 0 Å². The molecule has 2 aromatic rings. The van der Waals surface area contributed by atoms with E-state index in [9.17, 15) is 9.90 Å². The minimum Gasteiger partial charge on any atom is -0.507 e. The highest BCUT2D eigenvalue weighted by atomic mass is 16.3. The van der Waals surface area contributed by atoms with Crippen LogP contribution in [0.2, 0.25) is 0 Å². The van der Waals surface area contributed by atoms with Gasteiger partial charge in [-0.2, -0.15) is 5.10 Å². The molecule has 1 aromatic carbocycles. The number of anilines is 1. The van der Waals surface area contributed by atoms with E-state index >= 15 is 0 Å². The number of carbonyl (C=O) groups excluding carboxylic acids is 1. The van der Waals surface area contributed by atoms with Gasteiger partial charge in [0.05, 0.1) is 5.69 Å². The summed E-state index contributed by atoms with van der Waals surface area (Å²) in [4.78, 5) is 11.2. The van der Waals surface area contributed by atoms with E-state index in [1.807, 2.05) is 0 Å². The van der Waals surface area contributed by atoms with Gasteiger partial charge in [-0.05, 0) is 51.0 Å². The lowest BCUT2D eigenvalue weighted by molar-refractivity contribution is -0.114. The third kappa shape index (κ3) is 3.09. The molecule has 0 atom stereocenters. The van der Waals surface area contributed by atoms with Gasteiger partial charge in [0, 0.05) is 35.8 Å². The molecular formula is C18H23N3O2. The number of aromatic nitrogens is 2. The number of nitrogens with zero attached hydrogens (tertiary/aromatic N) is 2. The van der Waals surface area contributed by atoms with E-state index in [-0.39, 0.29) is 17.7 Å². The normalized spacial score (nSPS) is 14.8. The van der Waals surface area contributed by atoms with Crippen molar-refractivity contribution in [2.45, 2.75) is 52.0 Å². The number of rotatable bonds is 4. The maximum absolute atomic E-state index is 11.2. The van der Waals surface area contributed by atoms with Crippen LogP contribution in [-0.2, 0) is 4.79 Å². The number of carbonyl (C=O) groups is 1. The number of aromatic hydroxyl groups is 1. The maximum atomic E-state index is 11.2. The van der Waals surface area contributed by atoms with Crippen LogP contribution in [0.15, 0.2) is 24.3 Å². The van der Waals surface area contributed by atoms with Gasteiger partial charge in [0.2, 0.25) is 5.91 Å². The fourth-order valence-electron chi connectivity index (χ4n) is 2.99. The first-order valence-electron chi connectivity index (χ1n) is 8.16. The van der Waals surface area contributed by atoms with Crippen molar-refractivity contribution in [3.63, 3.8) is 0 Å². The summed E-state index contributed by atoms with van der Waals surface area (Å²) in [5, 5.41) is 17.7. The molecule has 5 heteroatoms. The Morgan fingerprint density at radius 2 is 2.09 bits per heavy atom. The van der Waals surface area contributed by atoms with Crippen LogP contribution in [0, 0.1) is 0 Å². The molecule has 1 aromatic heterocycles. The molecule has 1 saturated carbocycles. The van der Waals surface area contributed by atoms with E-state index in [0.29, 0.717) is 17.2 Å². The molecule has 3 rings (SSSR count). The molecule has 1 heterocycles. The summed E-state index contributed by atoms with van der Waals surface area (Å²) in [6.45, 7) is 5.70. The first-order chi connectivity index (χ1) is 11.0. The summed E-state index contributed by atoms with van der Waals surface area (Å²) < 4.78 is 2.06. The average molecular weight is 313 g/mol. The molecule has 1 fully saturated rings. The van der Waals surface area contributed by atoms with E-state index in [1.54, 1.807) is 18.2 Å². The summed E-state index contributed by atoms with van der Waals surface area (Å²) >= 11 is 0. The largest absolute Gasteiger partial charge is 0.507 e. The molecule has 5 nitrogen and oxygen atoms in total. The second kappa shape index (κ2) is 6.07. The number of hydrogen-bond acceptors (Lipinski definition) is 3. The highest BCUT2D eigenvalue weighted by Gasteiger charge is 2.26. The van der Waals surface area contributed by atoms with Gasteiger partial charge in [0.25, 0.3) is 0 Å². The van der Waals surface area contributed by atoms with Gasteiger partial charge >= 0.3 is 0 Å².